The lowest BCUT2D eigenvalue weighted by Gasteiger charge is -2.29. The summed E-state index contributed by atoms with van der Waals surface area (Å²) in [7, 11) is -3.45. The molecule has 1 aromatic carbocycles. The second-order valence-electron chi connectivity index (χ2n) is 5.46. The maximum absolute atomic E-state index is 12.4. The van der Waals surface area contributed by atoms with E-state index in [1.165, 1.54) is 9.87 Å². The molecule has 1 aliphatic rings. The second kappa shape index (κ2) is 6.58. The molecule has 6 heteroatoms. The SMILES string of the molecule is CCc1ccc(CS(=O)(=O)N2CCCC(C(=O)O)C2)cc1. The molecule has 1 N–H and O–H groups in total. The van der Waals surface area contributed by atoms with Crippen LogP contribution in [0.2, 0.25) is 0 Å². The second-order valence-corrected chi connectivity index (χ2v) is 7.43. The molecule has 0 spiro atoms. The number of rotatable bonds is 5. The molecule has 0 bridgehead atoms. The van der Waals surface area contributed by atoms with Crippen LogP contribution in [0.15, 0.2) is 24.3 Å². The van der Waals surface area contributed by atoms with Crippen molar-refractivity contribution < 1.29 is 18.3 Å². The Kier molecular flexibility index (Phi) is 5.00. The van der Waals surface area contributed by atoms with Crippen LogP contribution < -0.4 is 0 Å². The standard InChI is InChI=1S/C15H21NO4S/c1-2-12-5-7-13(8-6-12)11-21(19,20)16-9-3-4-14(10-16)15(17)18/h5-8,14H,2-4,9-11H2,1H3,(H,17,18). The van der Waals surface area contributed by atoms with Crippen molar-refractivity contribution in [3.05, 3.63) is 35.4 Å². The number of aryl methyl sites for hydroxylation is 1. The molecular formula is C15H21NO4S. The van der Waals surface area contributed by atoms with Crippen LogP contribution in [-0.4, -0.2) is 36.9 Å². The minimum Gasteiger partial charge on any atom is -0.481 e. The van der Waals surface area contributed by atoms with E-state index >= 15 is 0 Å². The van der Waals surface area contributed by atoms with Crippen LogP contribution in [0.4, 0.5) is 0 Å². The van der Waals surface area contributed by atoms with Crippen molar-refractivity contribution in [3.63, 3.8) is 0 Å². The van der Waals surface area contributed by atoms with E-state index in [1.54, 1.807) is 0 Å². The van der Waals surface area contributed by atoms with Gasteiger partial charge < -0.3 is 5.11 Å². The van der Waals surface area contributed by atoms with Crippen molar-refractivity contribution in [1.29, 1.82) is 0 Å². The number of hydrogen-bond acceptors (Lipinski definition) is 3. The zero-order chi connectivity index (χ0) is 15.5. The predicted molar refractivity (Wildman–Crippen MR) is 80.4 cm³/mol. The van der Waals surface area contributed by atoms with E-state index in [9.17, 15) is 13.2 Å². The van der Waals surface area contributed by atoms with Crippen LogP contribution in [0.1, 0.15) is 30.9 Å². The maximum Gasteiger partial charge on any atom is 0.307 e. The molecule has 5 nitrogen and oxygen atoms in total. The molecule has 0 saturated carbocycles. The van der Waals surface area contributed by atoms with Gasteiger partial charge in [-0.3, -0.25) is 4.79 Å². The van der Waals surface area contributed by atoms with Gasteiger partial charge in [0.05, 0.1) is 11.7 Å². The van der Waals surface area contributed by atoms with Crippen molar-refractivity contribution >= 4 is 16.0 Å². The molecular weight excluding hydrogens is 290 g/mol. The number of carbonyl (C=O) groups is 1. The summed E-state index contributed by atoms with van der Waals surface area (Å²) in [5, 5.41) is 9.05. The van der Waals surface area contributed by atoms with E-state index in [4.69, 9.17) is 5.11 Å². The van der Waals surface area contributed by atoms with Gasteiger partial charge in [-0.25, -0.2) is 12.7 Å². The van der Waals surface area contributed by atoms with Crippen LogP contribution in [0, 0.1) is 5.92 Å². The molecule has 1 atom stereocenters. The third kappa shape index (κ3) is 4.04. The highest BCUT2D eigenvalue weighted by Gasteiger charge is 2.32. The average Bonchev–Trinajstić information content (AvgIpc) is 2.48. The minimum atomic E-state index is -3.45. The van der Waals surface area contributed by atoms with Crippen molar-refractivity contribution in [2.45, 2.75) is 31.9 Å². The summed E-state index contributed by atoms with van der Waals surface area (Å²) in [5.74, 6) is -1.57. The van der Waals surface area contributed by atoms with Crippen molar-refractivity contribution in [2.75, 3.05) is 13.1 Å². The summed E-state index contributed by atoms with van der Waals surface area (Å²) >= 11 is 0. The Morgan fingerprint density at radius 3 is 2.48 bits per heavy atom. The number of carboxylic acids is 1. The fraction of sp³-hybridized carbons (Fsp3) is 0.533. The van der Waals surface area contributed by atoms with E-state index in [-0.39, 0.29) is 12.3 Å². The first-order valence-corrected chi connectivity index (χ1v) is 8.81. The molecule has 1 fully saturated rings. The Labute approximate surface area is 125 Å². The first-order valence-electron chi connectivity index (χ1n) is 7.21. The maximum atomic E-state index is 12.4. The number of piperidine rings is 1. The highest BCUT2D eigenvalue weighted by molar-refractivity contribution is 7.88. The van der Waals surface area contributed by atoms with E-state index in [0.717, 1.165) is 12.0 Å². The van der Waals surface area contributed by atoms with Gasteiger partial charge in [0.25, 0.3) is 0 Å². The summed E-state index contributed by atoms with van der Waals surface area (Å²) in [6.45, 7) is 2.55. The molecule has 1 aromatic rings. The van der Waals surface area contributed by atoms with E-state index < -0.39 is 21.9 Å². The van der Waals surface area contributed by atoms with Gasteiger partial charge in [0, 0.05) is 13.1 Å². The van der Waals surface area contributed by atoms with Gasteiger partial charge in [-0.2, -0.15) is 0 Å². The predicted octanol–water partition coefficient (Wildman–Crippen LogP) is 1.88. The van der Waals surface area contributed by atoms with Crippen molar-refractivity contribution in [3.8, 4) is 0 Å². The van der Waals surface area contributed by atoms with Gasteiger partial charge in [-0.05, 0) is 30.4 Å². The van der Waals surface area contributed by atoms with Gasteiger partial charge in [0.15, 0.2) is 0 Å². The Balaban J connectivity index is 2.08. The topological polar surface area (TPSA) is 74.7 Å². The van der Waals surface area contributed by atoms with Gasteiger partial charge in [0.2, 0.25) is 10.0 Å². The largest absolute Gasteiger partial charge is 0.481 e. The van der Waals surface area contributed by atoms with Crippen LogP contribution in [0.25, 0.3) is 0 Å². The average molecular weight is 311 g/mol. The Bertz CT molecular complexity index is 595. The lowest BCUT2D eigenvalue weighted by atomic mass is 10.0. The molecule has 1 aliphatic heterocycles. The molecule has 0 radical (unpaired) electrons. The molecule has 1 heterocycles. The van der Waals surface area contributed by atoms with Gasteiger partial charge >= 0.3 is 5.97 Å². The Hall–Kier alpha value is -1.40. The summed E-state index contributed by atoms with van der Waals surface area (Å²) < 4.78 is 26.1. The molecule has 0 amide bonds. The van der Waals surface area contributed by atoms with Gasteiger partial charge in [-0.15, -0.1) is 0 Å². The quantitative estimate of drug-likeness (QED) is 0.901. The van der Waals surface area contributed by atoms with Crippen LogP contribution >= 0.6 is 0 Å². The summed E-state index contributed by atoms with van der Waals surface area (Å²) in [6, 6.07) is 7.52. The number of aliphatic carboxylic acids is 1. The number of sulfonamides is 1. The lowest BCUT2D eigenvalue weighted by molar-refractivity contribution is -0.142. The number of hydrogen-bond donors (Lipinski definition) is 1. The van der Waals surface area contributed by atoms with Crippen molar-refractivity contribution in [1.82, 2.24) is 4.31 Å². The monoisotopic (exact) mass is 311 g/mol. The number of carboxylic acid groups (broad SMARTS) is 1. The number of benzene rings is 1. The smallest absolute Gasteiger partial charge is 0.307 e. The summed E-state index contributed by atoms with van der Waals surface area (Å²) in [4.78, 5) is 11.0. The van der Waals surface area contributed by atoms with Gasteiger partial charge in [0.1, 0.15) is 0 Å². The molecule has 0 aromatic heterocycles. The van der Waals surface area contributed by atoms with Crippen LogP contribution in [-0.2, 0) is 27.0 Å². The van der Waals surface area contributed by atoms with E-state index in [2.05, 4.69) is 0 Å². The van der Waals surface area contributed by atoms with Crippen LogP contribution in [0.3, 0.4) is 0 Å². The normalized spacial score (nSPS) is 20.3. The van der Waals surface area contributed by atoms with E-state index in [1.807, 2.05) is 31.2 Å². The first-order chi connectivity index (χ1) is 9.92. The minimum absolute atomic E-state index is 0.0661. The fourth-order valence-electron chi connectivity index (χ4n) is 2.57. The highest BCUT2D eigenvalue weighted by Crippen LogP contribution is 2.21. The fourth-order valence-corrected chi connectivity index (χ4v) is 4.18. The lowest BCUT2D eigenvalue weighted by Crippen LogP contribution is -2.42. The molecule has 1 saturated heterocycles. The van der Waals surface area contributed by atoms with E-state index in [0.29, 0.717) is 19.4 Å². The molecule has 21 heavy (non-hydrogen) atoms. The number of nitrogens with zero attached hydrogens (tertiary/aromatic N) is 1. The molecule has 2 rings (SSSR count). The Morgan fingerprint density at radius 1 is 1.29 bits per heavy atom. The van der Waals surface area contributed by atoms with Gasteiger partial charge in [-0.1, -0.05) is 31.2 Å². The van der Waals surface area contributed by atoms with Crippen molar-refractivity contribution in [2.24, 2.45) is 5.92 Å². The zero-order valence-electron chi connectivity index (χ0n) is 12.2. The molecule has 1 unspecified atom stereocenters. The third-order valence-corrected chi connectivity index (χ3v) is 5.72. The summed E-state index contributed by atoms with van der Waals surface area (Å²) in [5.41, 5.74) is 1.91. The molecule has 116 valence electrons. The zero-order valence-corrected chi connectivity index (χ0v) is 13.0. The highest BCUT2D eigenvalue weighted by atomic mass is 32.2. The van der Waals surface area contributed by atoms with Crippen LogP contribution in [0.5, 0.6) is 0 Å². The molecule has 0 aliphatic carbocycles. The third-order valence-electron chi connectivity index (χ3n) is 3.91. The Morgan fingerprint density at radius 2 is 1.90 bits per heavy atom. The summed E-state index contributed by atoms with van der Waals surface area (Å²) in [6.07, 6.45) is 2.07. The first kappa shape index (κ1) is 16.0.